The maximum absolute atomic E-state index is 6.53. The highest BCUT2D eigenvalue weighted by Gasteiger charge is 2.23. The number of ether oxygens (including phenoxy) is 1. The molecule has 4 aromatic rings. The van der Waals surface area contributed by atoms with Crippen molar-refractivity contribution in [1.29, 1.82) is 0 Å². The van der Waals surface area contributed by atoms with Crippen molar-refractivity contribution < 1.29 is 9.15 Å². The first-order chi connectivity index (χ1) is 19.8. The van der Waals surface area contributed by atoms with Crippen molar-refractivity contribution in [3.8, 4) is 17.1 Å². The highest BCUT2D eigenvalue weighted by molar-refractivity contribution is 5.88. The molecular weight excluding hydrogens is 512 g/mol. The third kappa shape index (κ3) is 7.24. The smallest absolute Gasteiger partial charge is 0.253 e. The lowest BCUT2D eigenvalue weighted by atomic mass is 10.1. The van der Waals surface area contributed by atoms with E-state index < -0.39 is 0 Å². The molecule has 41 heavy (non-hydrogen) atoms. The van der Waals surface area contributed by atoms with Gasteiger partial charge in [-0.05, 0) is 37.8 Å². The van der Waals surface area contributed by atoms with Crippen LogP contribution in [0.25, 0.3) is 33.9 Å². The van der Waals surface area contributed by atoms with Gasteiger partial charge < -0.3 is 19.0 Å². The van der Waals surface area contributed by atoms with Crippen molar-refractivity contribution in [3.63, 3.8) is 0 Å². The summed E-state index contributed by atoms with van der Waals surface area (Å²) in [6, 6.07) is 10.4. The molecule has 3 aromatic heterocycles. The number of furan rings is 1. The number of fused-ring (bicyclic) bond motifs is 1. The Kier molecular flexibility index (Phi) is 10.00. The van der Waals surface area contributed by atoms with Crippen molar-refractivity contribution in [1.82, 2.24) is 24.6 Å². The number of hydrogen-bond donors (Lipinski definition) is 0. The summed E-state index contributed by atoms with van der Waals surface area (Å²) in [7, 11) is 2.10. The van der Waals surface area contributed by atoms with Crippen LogP contribution in [-0.4, -0.2) is 64.5 Å². The number of anilines is 1. The quantitative estimate of drug-likeness (QED) is 0.203. The van der Waals surface area contributed by atoms with E-state index in [2.05, 4.69) is 79.6 Å². The fourth-order valence-corrected chi connectivity index (χ4v) is 4.70. The van der Waals surface area contributed by atoms with E-state index in [-0.39, 0.29) is 0 Å². The number of hydrogen-bond acceptors (Lipinski definition) is 7. The molecule has 1 saturated heterocycles. The van der Waals surface area contributed by atoms with Gasteiger partial charge in [0.1, 0.15) is 5.52 Å². The summed E-state index contributed by atoms with van der Waals surface area (Å²) in [5, 5.41) is 4.62. The van der Waals surface area contributed by atoms with E-state index in [0.29, 0.717) is 30.7 Å². The SMILES string of the molecule is C=C(C)/C=C(/c1cc2nc(-n3cc(-c4cccc(C)c4)cn3)nc(N3CCOCC3)c2o1)N(C)CCC(C)C.CC. The third-order valence-electron chi connectivity index (χ3n) is 6.88. The zero-order valence-electron chi connectivity index (χ0n) is 25.6. The van der Waals surface area contributed by atoms with E-state index in [1.165, 1.54) is 5.56 Å². The molecular formula is C33H44N6O2. The monoisotopic (exact) mass is 556 g/mol. The summed E-state index contributed by atoms with van der Waals surface area (Å²) in [6.45, 7) is 20.4. The molecule has 0 amide bonds. The highest BCUT2D eigenvalue weighted by Crippen LogP contribution is 2.33. The zero-order chi connectivity index (χ0) is 29.5. The van der Waals surface area contributed by atoms with E-state index in [1.807, 2.05) is 39.2 Å². The summed E-state index contributed by atoms with van der Waals surface area (Å²) >= 11 is 0. The summed E-state index contributed by atoms with van der Waals surface area (Å²) < 4.78 is 13.9. The van der Waals surface area contributed by atoms with E-state index in [9.17, 15) is 0 Å². The number of allylic oxidation sites excluding steroid dienone is 2. The van der Waals surface area contributed by atoms with Gasteiger partial charge in [0.2, 0.25) is 0 Å². The minimum absolute atomic E-state index is 0.508. The lowest BCUT2D eigenvalue weighted by Crippen LogP contribution is -2.37. The number of nitrogens with zero attached hydrogens (tertiary/aromatic N) is 6. The topological polar surface area (TPSA) is 72.5 Å². The van der Waals surface area contributed by atoms with Crippen LogP contribution in [0.4, 0.5) is 5.82 Å². The first kappa shape index (κ1) is 30.1. The standard InChI is InChI=1S/C31H38N6O2.C2H6/c1-21(2)10-11-35(6)27(16-22(3)4)28-18-26-29(39-28)30(36-12-14-38-15-13-36)34-31(33-26)37-20-25(19-32-37)24-9-7-8-23(5)17-24;1-2/h7-9,16-21H,3,10-15H2,1-2,4-6H3;1-2H3/b27-16-;. The average molecular weight is 557 g/mol. The molecule has 0 saturated carbocycles. The van der Waals surface area contributed by atoms with Gasteiger partial charge in [0.05, 0.1) is 25.1 Å². The molecule has 1 fully saturated rings. The molecule has 0 unspecified atom stereocenters. The van der Waals surface area contributed by atoms with Crippen molar-refractivity contribution in [3.05, 3.63) is 72.3 Å². The molecule has 0 radical (unpaired) electrons. The van der Waals surface area contributed by atoms with Gasteiger partial charge in [0, 0.05) is 44.5 Å². The normalized spacial score (nSPS) is 13.9. The number of aryl methyl sites for hydroxylation is 1. The first-order valence-corrected chi connectivity index (χ1v) is 14.6. The van der Waals surface area contributed by atoms with Crippen LogP contribution in [0.15, 0.2) is 65.4 Å². The fourth-order valence-electron chi connectivity index (χ4n) is 4.70. The molecule has 0 atom stereocenters. The Morgan fingerprint density at radius 3 is 2.56 bits per heavy atom. The minimum Gasteiger partial charge on any atom is -0.449 e. The maximum atomic E-state index is 6.53. The van der Waals surface area contributed by atoms with E-state index >= 15 is 0 Å². The summed E-state index contributed by atoms with van der Waals surface area (Å²) in [4.78, 5) is 14.3. The maximum Gasteiger partial charge on any atom is 0.253 e. The fraction of sp³-hybridized carbons (Fsp3) is 0.424. The van der Waals surface area contributed by atoms with E-state index in [0.717, 1.165) is 65.5 Å². The first-order valence-electron chi connectivity index (χ1n) is 14.6. The van der Waals surface area contributed by atoms with Crippen LogP contribution < -0.4 is 4.90 Å². The van der Waals surface area contributed by atoms with Crippen LogP contribution in [0.2, 0.25) is 0 Å². The molecule has 0 spiro atoms. The molecule has 8 heteroatoms. The molecule has 0 bridgehead atoms. The molecule has 1 aliphatic rings. The largest absolute Gasteiger partial charge is 0.449 e. The van der Waals surface area contributed by atoms with Crippen LogP contribution in [0.1, 0.15) is 52.4 Å². The van der Waals surface area contributed by atoms with Crippen LogP contribution >= 0.6 is 0 Å². The Balaban J connectivity index is 0.00000189. The summed E-state index contributed by atoms with van der Waals surface area (Å²) in [5.74, 6) is 2.63. The third-order valence-corrected chi connectivity index (χ3v) is 6.88. The van der Waals surface area contributed by atoms with Crippen molar-refractivity contribution in [2.75, 3.05) is 44.8 Å². The molecule has 1 aromatic carbocycles. The molecule has 218 valence electrons. The molecule has 0 N–H and O–H groups in total. The van der Waals surface area contributed by atoms with Crippen molar-refractivity contribution in [2.24, 2.45) is 5.92 Å². The van der Waals surface area contributed by atoms with Gasteiger partial charge in [0.25, 0.3) is 5.95 Å². The van der Waals surface area contributed by atoms with Crippen molar-refractivity contribution in [2.45, 2.75) is 48.0 Å². The Morgan fingerprint density at radius 1 is 1.12 bits per heavy atom. The lowest BCUT2D eigenvalue weighted by molar-refractivity contribution is 0.122. The van der Waals surface area contributed by atoms with E-state index in [4.69, 9.17) is 19.1 Å². The van der Waals surface area contributed by atoms with Gasteiger partial charge in [0.15, 0.2) is 17.2 Å². The van der Waals surface area contributed by atoms with Crippen molar-refractivity contribution >= 4 is 22.6 Å². The lowest BCUT2D eigenvalue weighted by Gasteiger charge is -2.27. The Hall–Kier alpha value is -3.91. The Morgan fingerprint density at radius 2 is 1.88 bits per heavy atom. The van der Waals surface area contributed by atoms with Gasteiger partial charge in [-0.2, -0.15) is 10.1 Å². The van der Waals surface area contributed by atoms with Gasteiger partial charge >= 0.3 is 0 Å². The van der Waals surface area contributed by atoms with Crippen LogP contribution in [0.5, 0.6) is 0 Å². The Bertz CT molecular complexity index is 1490. The number of morpholine rings is 1. The number of rotatable bonds is 9. The molecule has 1 aliphatic heterocycles. The van der Waals surface area contributed by atoms with Crippen LogP contribution in [0.3, 0.4) is 0 Å². The highest BCUT2D eigenvalue weighted by atomic mass is 16.5. The predicted molar refractivity (Wildman–Crippen MR) is 168 cm³/mol. The van der Waals surface area contributed by atoms with Crippen LogP contribution in [0, 0.1) is 12.8 Å². The van der Waals surface area contributed by atoms with Gasteiger partial charge in [-0.1, -0.05) is 69.7 Å². The summed E-state index contributed by atoms with van der Waals surface area (Å²) in [6.07, 6.45) is 6.99. The second-order valence-corrected chi connectivity index (χ2v) is 10.8. The van der Waals surface area contributed by atoms with Gasteiger partial charge in [-0.25, -0.2) is 9.67 Å². The number of benzene rings is 1. The van der Waals surface area contributed by atoms with Crippen LogP contribution in [-0.2, 0) is 4.74 Å². The summed E-state index contributed by atoms with van der Waals surface area (Å²) in [5.41, 5.74) is 6.69. The molecule has 5 rings (SSSR count). The van der Waals surface area contributed by atoms with Gasteiger partial charge in [-0.3, -0.25) is 0 Å². The second-order valence-electron chi connectivity index (χ2n) is 10.8. The Labute approximate surface area is 244 Å². The molecule has 0 aliphatic carbocycles. The van der Waals surface area contributed by atoms with E-state index in [1.54, 1.807) is 4.68 Å². The minimum atomic E-state index is 0.508. The second kappa shape index (κ2) is 13.6. The zero-order valence-corrected chi connectivity index (χ0v) is 25.6. The average Bonchev–Trinajstić information content (AvgIpc) is 3.63. The molecule has 8 nitrogen and oxygen atoms in total. The van der Waals surface area contributed by atoms with Gasteiger partial charge in [-0.15, -0.1) is 0 Å². The number of aromatic nitrogens is 4. The predicted octanol–water partition coefficient (Wildman–Crippen LogP) is 7.14. The molecule has 4 heterocycles.